The van der Waals surface area contributed by atoms with Gasteiger partial charge in [0.25, 0.3) is 0 Å². The average molecular weight is 629 g/mol. The van der Waals surface area contributed by atoms with E-state index in [1.165, 1.54) is 24.3 Å². The van der Waals surface area contributed by atoms with Crippen LogP contribution in [0.1, 0.15) is 38.2 Å². The first-order chi connectivity index (χ1) is 22.0. The number of aryl methyl sites for hydroxylation is 1. The Hall–Kier alpha value is -5.20. The molecule has 7 rings (SSSR count). The molecule has 0 radical (unpaired) electrons. The molecule has 10 nitrogen and oxygen atoms in total. The average Bonchev–Trinajstić information content (AvgIpc) is 3.80. The lowest BCUT2D eigenvalue weighted by atomic mass is 10.0. The van der Waals surface area contributed by atoms with Gasteiger partial charge in [-0.2, -0.15) is 4.98 Å². The Kier molecular flexibility index (Phi) is 6.87. The van der Waals surface area contributed by atoms with Gasteiger partial charge in [0, 0.05) is 49.5 Å². The maximum Gasteiger partial charge on any atom is 0.355 e. The van der Waals surface area contributed by atoms with Crippen LogP contribution in [0, 0.1) is 17.5 Å². The van der Waals surface area contributed by atoms with Gasteiger partial charge in [-0.15, -0.1) is 0 Å². The van der Waals surface area contributed by atoms with Crippen molar-refractivity contribution in [2.24, 2.45) is 7.05 Å². The normalized spacial score (nSPS) is 18.5. The summed E-state index contributed by atoms with van der Waals surface area (Å²) < 4.78 is 50.3. The molecule has 13 heteroatoms. The minimum Gasteiger partial charge on any atom is -0.398 e. The zero-order valence-corrected chi connectivity index (χ0v) is 25.5. The van der Waals surface area contributed by atoms with Gasteiger partial charge < -0.3 is 20.1 Å². The van der Waals surface area contributed by atoms with E-state index in [1.54, 1.807) is 22.8 Å². The van der Waals surface area contributed by atoms with Crippen LogP contribution in [0.25, 0.3) is 39.0 Å². The van der Waals surface area contributed by atoms with Gasteiger partial charge in [0.05, 0.1) is 34.0 Å². The number of fused-ring (bicyclic) bond motifs is 2. The van der Waals surface area contributed by atoms with Crippen molar-refractivity contribution < 1.29 is 18.0 Å². The Labute approximate surface area is 261 Å². The third kappa shape index (κ3) is 4.52. The van der Waals surface area contributed by atoms with E-state index in [1.807, 2.05) is 18.7 Å². The highest BCUT2D eigenvalue weighted by molar-refractivity contribution is 5.93. The Bertz CT molecular complexity index is 2140. The molecule has 1 amide bonds. The summed E-state index contributed by atoms with van der Waals surface area (Å²) in [6.45, 7) is 7.84. The van der Waals surface area contributed by atoms with Crippen LogP contribution >= 0.6 is 0 Å². The molecule has 4 heterocycles. The van der Waals surface area contributed by atoms with E-state index in [-0.39, 0.29) is 70.8 Å². The minimum absolute atomic E-state index is 0.0564. The maximum absolute atomic E-state index is 16.3. The van der Waals surface area contributed by atoms with Crippen molar-refractivity contribution in [3.05, 3.63) is 82.8 Å². The van der Waals surface area contributed by atoms with Crippen LogP contribution in [0.15, 0.2) is 54.1 Å². The van der Waals surface area contributed by atoms with E-state index in [2.05, 4.69) is 21.5 Å². The van der Waals surface area contributed by atoms with Crippen LogP contribution in [0.3, 0.4) is 0 Å². The molecule has 46 heavy (non-hydrogen) atoms. The van der Waals surface area contributed by atoms with Crippen molar-refractivity contribution in [3.63, 3.8) is 0 Å². The number of imidazole rings is 1. The van der Waals surface area contributed by atoms with Crippen molar-refractivity contribution in [3.8, 4) is 16.9 Å². The van der Waals surface area contributed by atoms with Crippen molar-refractivity contribution in [1.29, 1.82) is 0 Å². The zero-order chi connectivity index (χ0) is 32.6. The number of rotatable bonds is 5. The van der Waals surface area contributed by atoms with Gasteiger partial charge >= 0.3 is 5.69 Å². The highest BCUT2D eigenvalue weighted by Crippen LogP contribution is 2.47. The van der Waals surface area contributed by atoms with Crippen LogP contribution in [-0.2, 0) is 11.8 Å². The number of nitrogens with zero attached hydrogens (tertiary/aromatic N) is 7. The zero-order valence-electron chi connectivity index (χ0n) is 25.5. The first-order valence-electron chi connectivity index (χ1n) is 15.0. The molecule has 0 bridgehead atoms. The number of amides is 1. The number of piperazine rings is 1. The quantitative estimate of drug-likeness (QED) is 0.219. The molecule has 236 valence electrons. The first kappa shape index (κ1) is 29.5. The summed E-state index contributed by atoms with van der Waals surface area (Å²) >= 11 is 0. The second-order valence-electron chi connectivity index (χ2n) is 12.1. The topological polar surface area (TPSA) is 115 Å². The molecule has 2 aromatic carbocycles. The summed E-state index contributed by atoms with van der Waals surface area (Å²) in [5.41, 5.74) is 5.91. The number of halogens is 3. The predicted molar refractivity (Wildman–Crippen MR) is 169 cm³/mol. The standard InChI is InChI=1S/C33H31F3N8O2/c1-5-25(45)42-13-17(3)43(14-16(42)2)31-19-11-21(35)28(27-20(34)7-6-8-23(27)37)39-32(19)44(33(46)40-31)30-22(36)12-24-29(38-15-41(24)4)26(30)18-9-10-18/h5-8,11-12,15-18H,1,9-10,13-14,37H2,2-4H3/t16-,17+/m1/s1. The molecule has 3 aromatic heterocycles. The number of benzene rings is 2. The molecule has 2 N–H and O–H groups in total. The number of nitrogen functional groups attached to an aromatic ring is 1. The highest BCUT2D eigenvalue weighted by atomic mass is 19.1. The van der Waals surface area contributed by atoms with Crippen molar-refractivity contribution in [2.45, 2.75) is 44.7 Å². The molecule has 1 saturated heterocycles. The largest absolute Gasteiger partial charge is 0.398 e. The lowest BCUT2D eigenvalue weighted by Gasteiger charge is -2.44. The van der Waals surface area contributed by atoms with E-state index in [0.717, 1.165) is 29.5 Å². The second kappa shape index (κ2) is 10.7. The number of aromatic nitrogens is 5. The molecule has 5 aromatic rings. The number of hydrogen-bond donors (Lipinski definition) is 1. The second-order valence-corrected chi connectivity index (χ2v) is 12.1. The SMILES string of the molecule is C=CC(=O)N1C[C@H](C)N(c2nc(=O)n(-c3c(F)cc4c(ncn4C)c3C3CC3)c3nc(-c4c(N)cccc4F)c(F)cc23)C[C@H]1C. The number of nitrogens with two attached hydrogens (primary N) is 1. The molecule has 1 aliphatic heterocycles. The number of pyridine rings is 1. The molecule has 2 fully saturated rings. The van der Waals surface area contributed by atoms with E-state index in [9.17, 15) is 9.59 Å². The van der Waals surface area contributed by atoms with E-state index >= 15 is 13.2 Å². The summed E-state index contributed by atoms with van der Waals surface area (Å²) in [6, 6.07) is 5.73. The molecule has 1 aliphatic carbocycles. The maximum atomic E-state index is 16.3. The van der Waals surface area contributed by atoms with Gasteiger partial charge in [-0.25, -0.2) is 32.5 Å². The van der Waals surface area contributed by atoms with Crippen molar-refractivity contribution in [2.75, 3.05) is 23.7 Å². The lowest BCUT2D eigenvalue weighted by molar-refractivity contribution is -0.128. The smallest absolute Gasteiger partial charge is 0.355 e. The van der Waals surface area contributed by atoms with Crippen molar-refractivity contribution >= 4 is 39.5 Å². The number of anilines is 2. The first-order valence-corrected chi connectivity index (χ1v) is 15.0. The van der Waals surface area contributed by atoms with Crippen molar-refractivity contribution in [1.82, 2.24) is 29.0 Å². The number of carbonyl (C=O) groups is 1. The molecule has 2 aliphatic rings. The Morgan fingerprint density at radius 2 is 1.80 bits per heavy atom. The van der Waals surface area contributed by atoms with Gasteiger partial charge in [-0.1, -0.05) is 12.6 Å². The van der Waals surface area contributed by atoms with E-state index in [0.29, 0.717) is 16.6 Å². The van der Waals surface area contributed by atoms with Gasteiger partial charge in [-0.05, 0) is 56.9 Å². The summed E-state index contributed by atoms with van der Waals surface area (Å²) in [6.07, 6.45) is 4.35. The molecule has 2 atom stereocenters. The third-order valence-electron chi connectivity index (χ3n) is 8.99. The Morgan fingerprint density at radius 1 is 1.04 bits per heavy atom. The number of carbonyl (C=O) groups excluding carboxylic acids is 1. The summed E-state index contributed by atoms with van der Waals surface area (Å²) in [5.74, 6) is -2.59. The highest BCUT2D eigenvalue weighted by Gasteiger charge is 2.36. The summed E-state index contributed by atoms with van der Waals surface area (Å²) in [4.78, 5) is 43.6. The fourth-order valence-electron chi connectivity index (χ4n) is 6.57. The molecular formula is C33H31F3N8O2. The van der Waals surface area contributed by atoms with Crippen LogP contribution < -0.4 is 16.3 Å². The fourth-order valence-corrected chi connectivity index (χ4v) is 6.57. The van der Waals surface area contributed by atoms with Crippen LogP contribution in [0.4, 0.5) is 24.7 Å². The van der Waals surface area contributed by atoms with Gasteiger partial charge in [-0.3, -0.25) is 4.79 Å². The fraction of sp³-hybridized carbons (Fsp3) is 0.303. The van der Waals surface area contributed by atoms with Crippen LogP contribution in [0.2, 0.25) is 0 Å². The predicted octanol–water partition coefficient (Wildman–Crippen LogP) is 4.82. The lowest BCUT2D eigenvalue weighted by Crippen LogP contribution is -2.58. The Morgan fingerprint density at radius 3 is 2.50 bits per heavy atom. The summed E-state index contributed by atoms with van der Waals surface area (Å²) in [7, 11) is 1.75. The third-order valence-corrected chi connectivity index (χ3v) is 8.99. The van der Waals surface area contributed by atoms with Crippen LogP contribution in [0.5, 0.6) is 0 Å². The van der Waals surface area contributed by atoms with E-state index in [4.69, 9.17) is 5.73 Å². The van der Waals surface area contributed by atoms with Gasteiger partial charge in [0.15, 0.2) is 11.5 Å². The van der Waals surface area contributed by atoms with E-state index < -0.39 is 28.8 Å². The monoisotopic (exact) mass is 628 g/mol. The molecule has 0 spiro atoms. The van der Waals surface area contributed by atoms with Gasteiger partial charge in [0.2, 0.25) is 5.91 Å². The Balaban J connectivity index is 1.54. The molecular weight excluding hydrogens is 597 g/mol. The molecule has 1 saturated carbocycles. The minimum atomic E-state index is -0.901. The molecule has 0 unspecified atom stereocenters. The van der Waals surface area contributed by atoms with Crippen LogP contribution in [-0.4, -0.2) is 60.1 Å². The number of hydrogen-bond acceptors (Lipinski definition) is 7. The summed E-state index contributed by atoms with van der Waals surface area (Å²) in [5, 5.41) is 0.112. The van der Waals surface area contributed by atoms with Gasteiger partial charge in [0.1, 0.15) is 23.1 Å².